The minimum Gasteiger partial charge on any atom is -0.457 e. The molecule has 0 aromatic carbocycles. The standard InChI is InChI=1S/C22H32O5Si/c1-19(2)15-8-7-13-16-17(28(4,5)6)14(23)11-20(16,3)9-10-21(13,25)12-22(15,26)18(24)27-19/h7,15,25-26H,8-12H2,1-6H3/t15-,20+,21-,22+/m1/s1. The van der Waals surface area contributed by atoms with E-state index in [0.29, 0.717) is 25.7 Å². The molecule has 5 nitrogen and oxygen atoms in total. The predicted octanol–water partition coefficient (Wildman–Crippen LogP) is 3.07. The zero-order valence-corrected chi connectivity index (χ0v) is 18.8. The zero-order valence-electron chi connectivity index (χ0n) is 17.8. The summed E-state index contributed by atoms with van der Waals surface area (Å²) in [5.74, 6) is -0.848. The molecule has 3 aliphatic carbocycles. The van der Waals surface area contributed by atoms with Crippen molar-refractivity contribution in [3.8, 4) is 0 Å². The highest BCUT2D eigenvalue weighted by atomic mass is 28.3. The van der Waals surface area contributed by atoms with Crippen molar-refractivity contribution in [1.29, 1.82) is 0 Å². The summed E-state index contributed by atoms with van der Waals surface area (Å²) in [7, 11) is -1.93. The average molecular weight is 405 g/mol. The van der Waals surface area contributed by atoms with Crippen molar-refractivity contribution in [2.24, 2.45) is 11.3 Å². The molecule has 0 unspecified atom stereocenters. The molecule has 0 aromatic rings. The van der Waals surface area contributed by atoms with Crippen molar-refractivity contribution in [2.45, 2.75) is 89.3 Å². The van der Waals surface area contributed by atoms with Gasteiger partial charge in [-0.25, -0.2) is 4.79 Å². The maximum atomic E-state index is 13.0. The van der Waals surface area contributed by atoms with Gasteiger partial charge in [0, 0.05) is 24.2 Å². The van der Waals surface area contributed by atoms with Crippen molar-refractivity contribution < 1.29 is 24.5 Å². The van der Waals surface area contributed by atoms with Gasteiger partial charge >= 0.3 is 5.97 Å². The fourth-order valence-electron chi connectivity index (χ4n) is 6.24. The maximum Gasteiger partial charge on any atom is 0.339 e. The van der Waals surface area contributed by atoms with Gasteiger partial charge in [-0.1, -0.05) is 32.6 Å². The van der Waals surface area contributed by atoms with Crippen molar-refractivity contribution in [2.75, 3.05) is 0 Å². The molecule has 2 fully saturated rings. The molecule has 2 N–H and O–H groups in total. The molecule has 0 bridgehead atoms. The lowest BCUT2D eigenvalue weighted by molar-refractivity contribution is -0.162. The Morgan fingerprint density at radius 1 is 1.11 bits per heavy atom. The van der Waals surface area contributed by atoms with E-state index in [9.17, 15) is 19.8 Å². The van der Waals surface area contributed by atoms with Crippen LogP contribution in [0.15, 0.2) is 22.4 Å². The fourth-order valence-corrected chi connectivity index (χ4v) is 8.35. The van der Waals surface area contributed by atoms with Crippen LogP contribution in [0.4, 0.5) is 0 Å². The molecular weight excluding hydrogens is 372 g/mol. The first-order chi connectivity index (χ1) is 12.6. The average Bonchev–Trinajstić information content (AvgIpc) is 2.80. The van der Waals surface area contributed by atoms with Crippen LogP contribution in [0.25, 0.3) is 0 Å². The van der Waals surface area contributed by atoms with Crippen LogP contribution >= 0.6 is 0 Å². The number of fused-ring (bicyclic) bond motifs is 4. The van der Waals surface area contributed by atoms with E-state index in [1.54, 1.807) is 0 Å². The number of cyclic esters (lactones) is 1. The summed E-state index contributed by atoms with van der Waals surface area (Å²) in [6, 6.07) is 0. The minimum absolute atomic E-state index is 0.0640. The molecule has 6 heteroatoms. The molecule has 0 spiro atoms. The van der Waals surface area contributed by atoms with Crippen molar-refractivity contribution in [3.05, 3.63) is 22.4 Å². The summed E-state index contributed by atoms with van der Waals surface area (Å²) < 4.78 is 5.49. The number of esters is 1. The van der Waals surface area contributed by atoms with Crippen LogP contribution in [-0.4, -0.2) is 46.8 Å². The van der Waals surface area contributed by atoms with Crippen LogP contribution in [0.2, 0.25) is 19.6 Å². The van der Waals surface area contributed by atoms with Gasteiger partial charge < -0.3 is 14.9 Å². The van der Waals surface area contributed by atoms with Crippen molar-refractivity contribution >= 4 is 19.8 Å². The first-order valence-electron chi connectivity index (χ1n) is 10.3. The van der Waals surface area contributed by atoms with E-state index in [-0.39, 0.29) is 17.6 Å². The number of ketones is 1. The summed E-state index contributed by atoms with van der Waals surface area (Å²) in [5, 5.41) is 24.0. The molecule has 1 saturated heterocycles. The van der Waals surface area contributed by atoms with Crippen molar-refractivity contribution in [3.63, 3.8) is 0 Å². The number of rotatable bonds is 1. The quantitative estimate of drug-likeness (QED) is 0.518. The molecule has 1 aliphatic heterocycles. The number of allylic oxidation sites excluding steroid dienone is 2. The van der Waals surface area contributed by atoms with Crippen LogP contribution in [0.3, 0.4) is 0 Å². The van der Waals surface area contributed by atoms with Crippen LogP contribution in [0.1, 0.15) is 52.9 Å². The van der Waals surface area contributed by atoms with Crippen LogP contribution in [0, 0.1) is 11.3 Å². The smallest absolute Gasteiger partial charge is 0.339 e. The Kier molecular flexibility index (Phi) is 3.91. The van der Waals surface area contributed by atoms with Crippen LogP contribution in [0.5, 0.6) is 0 Å². The fraction of sp³-hybridized carbons (Fsp3) is 0.727. The van der Waals surface area contributed by atoms with Gasteiger partial charge in [0.1, 0.15) is 5.60 Å². The lowest BCUT2D eigenvalue weighted by atomic mass is 9.62. The first-order valence-corrected chi connectivity index (χ1v) is 13.8. The van der Waals surface area contributed by atoms with Crippen LogP contribution < -0.4 is 0 Å². The summed E-state index contributed by atoms with van der Waals surface area (Å²) in [6.07, 6.45) is 3.99. The van der Waals surface area contributed by atoms with E-state index in [2.05, 4.69) is 26.6 Å². The van der Waals surface area contributed by atoms with E-state index >= 15 is 0 Å². The highest BCUT2D eigenvalue weighted by Gasteiger charge is 2.65. The second-order valence-corrected chi connectivity index (χ2v) is 16.2. The van der Waals surface area contributed by atoms with E-state index in [1.165, 1.54) is 0 Å². The van der Waals surface area contributed by atoms with E-state index in [4.69, 9.17) is 4.74 Å². The van der Waals surface area contributed by atoms with E-state index in [0.717, 1.165) is 16.3 Å². The molecule has 1 saturated carbocycles. The Morgan fingerprint density at radius 2 is 1.75 bits per heavy atom. The number of hydrogen-bond donors (Lipinski definition) is 2. The number of aliphatic hydroxyl groups is 2. The minimum atomic E-state index is -1.93. The maximum absolute atomic E-state index is 13.0. The molecule has 0 radical (unpaired) electrons. The molecule has 0 amide bonds. The summed E-state index contributed by atoms with van der Waals surface area (Å²) in [5.41, 5.74) is -2.27. The predicted molar refractivity (Wildman–Crippen MR) is 108 cm³/mol. The highest BCUT2D eigenvalue weighted by molar-refractivity contribution is 6.87. The third-order valence-electron chi connectivity index (χ3n) is 7.54. The van der Waals surface area contributed by atoms with Gasteiger partial charge in [-0.15, -0.1) is 0 Å². The number of hydrogen-bond acceptors (Lipinski definition) is 5. The summed E-state index contributed by atoms with van der Waals surface area (Å²) in [4.78, 5) is 25.6. The van der Waals surface area contributed by atoms with Gasteiger partial charge in [0.25, 0.3) is 0 Å². The number of ether oxygens (including phenoxy) is 1. The molecule has 4 aliphatic rings. The van der Waals surface area contributed by atoms with Gasteiger partial charge in [0.15, 0.2) is 11.4 Å². The van der Waals surface area contributed by atoms with Crippen LogP contribution in [-0.2, 0) is 14.3 Å². The SMILES string of the molecule is CC1(C)OC(=O)[C@]2(O)C[C@]3(O)CC[C@@]4(C)CC(=O)C([Si](C)(C)C)=C4C3=CC[C@H]12. The lowest BCUT2D eigenvalue weighted by Crippen LogP contribution is -2.51. The summed E-state index contributed by atoms with van der Waals surface area (Å²) in [6.45, 7) is 12.3. The Labute approximate surface area is 167 Å². The first kappa shape index (κ1) is 20.0. The topological polar surface area (TPSA) is 83.8 Å². The molecule has 4 rings (SSSR count). The normalized spacial score (nSPS) is 42.4. The Morgan fingerprint density at radius 3 is 2.36 bits per heavy atom. The number of Topliss-reactive ketones (excluding diaryl/α,β-unsaturated/α-hetero) is 1. The largest absolute Gasteiger partial charge is 0.457 e. The Bertz CT molecular complexity index is 847. The second kappa shape index (κ2) is 5.46. The highest BCUT2D eigenvalue weighted by Crippen LogP contribution is 2.60. The third kappa shape index (κ3) is 2.50. The van der Waals surface area contributed by atoms with E-state index in [1.807, 2.05) is 19.9 Å². The Hall–Kier alpha value is -1.24. The molecule has 1 heterocycles. The molecule has 154 valence electrons. The Balaban J connectivity index is 1.92. The van der Waals surface area contributed by atoms with Gasteiger partial charge in [-0.2, -0.15) is 0 Å². The van der Waals surface area contributed by atoms with Gasteiger partial charge in [-0.05, 0) is 49.5 Å². The number of carbonyl (C=O) groups excluding carboxylic acids is 2. The van der Waals surface area contributed by atoms with E-state index < -0.39 is 36.8 Å². The lowest BCUT2D eigenvalue weighted by Gasteiger charge is -2.46. The number of carbonyl (C=O) groups is 2. The third-order valence-corrected chi connectivity index (χ3v) is 9.57. The molecule has 4 atom stereocenters. The van der Waals surface area contributed by atoms with Crippen molar-refractivity contribution in [1.82, 2.24) is 0 Å². The second-order valence-electron chi connectivity index (χ2n) is 11.2. The van der Waals surface area contributed by atoms with Gasteiger partial charge in [-0.3, -0.25) is 4.79 Å². The summed E-state index contributed by atoms with van der Waals surface area (Å²) >= 11 is 0. The molecule has 28 heavy (non-hydrogen) atoms. The zero-order chi connectivity index (χ0) is 20.9. The molecular formula is C22H32O5Si. The van der Waals surface area contributed by atoms with Gasteiger partial charge in [0.05, 0.1) is 13.7 Å². The van der Waals surface area contributed by atoms with Gasteiger partial charge in [0.2, 0.25) is 0 Å². The monoisotopic (exact) mass is 404 g/mol. The molecule has 0 aromatic heterocycles.